The highest BCUT2D eigenvalue weighted by atomic mass is 19.4. The molecule has 1 aromatic rings. The Labute approximate surface area is 128 Å². The first kappa shape index (κ1) is 17.4. The van der Waals surface area contributed by atoms with Crippen molar-refractivity contribution in [2.24, 2.45) is 5.41 Å². The SMILES string of the molecule is Cc1ccc(N)cc1C(=O)N1CCC(C(F)(F)F)(C(F)(F)F)C1. The molecule has 0 aromatic heterocycles. The van der Waals surface area contributed by atoms with Crippen molar-refractivity contribution in [3.8, 4) is 0 Å². The Balaban J connectivity index is 2.35. The molecule has 0 saturated carbocycles. The molecule has 0 spiro atoms. The van der Waals surface area contributed by atoms with Gasteiger partial charge in [0, 0.05) is 24.3 Å². The van der Waals surface area contributed by atoms with Crippen LogP contribution in [0.3, 0.4) is 0 Å². The van der Waals surface area contributed by atoms with Gasteiger partial charge >= 0.3 is 12.4 Å². The summed E-state index contributed by atoms with van der Waals surface area (Å²) in [5.41, 5.74) is 2.28. The van der Waals surface area contributed by atoms with Crippen LogP contribution in [0.2, 0.25) is 0 Å². The molecule has 2 rings (SSSR count). The minimum Gasteiger partial charge on any atom is -0.399 e. The van der Waals surface area contributed by atoms with Gasteiger partial charge in [0.15, 0.2) is 5.41 Å². The van der Waals surface area contributed by atoms with Gasteiger partial charge in [-0.3, -0.25) is 4.79 Å². The maximum atomic E-state index is 13.0. The standard InChI is InChI=1S/C14H14F6N2O/c1-8-2-3-9(21)6-10(8)11(23)22-5-4-12(7-22,13(15,16)17)14(18,19)20/h2-3,6H,4-5,7,21H2,1H3. The number of amides is 1. The van der Waals surface area contributed by atoms with Crippen LogP contribution in [0.15, 0.2) is 18.2 Å². The first-order valence-electron chi connectivity index (χ1n) is 6.68. The summed E-state index contributed by atoms with van der Waals surface area (Å²) >= 11 is 0. The van der Waals surface area contributed by atoms with Gasteiger partial charge < -0.3 is 10.6 Å². The second kappa shape index (κ2) is 5.31. The van der Waals surface area contributed by atoms with Crippen molar-refractivity contribution in [2.75, 3.05) is 18.8 Å². The number of nitrogens with two attached hydrogens (primary N) is 1. The summed E-state index contributed by atoms with van der Waals surface area (Å²) < 4.78 is 78.1. The Bertz CT molecular complexity index is 609. The average Bonchev–Trinajstić information content (AvgIpc) is 2.86. The zero-order valence-electron chi connectivity index (χ0n) is 12.1. The van der Waals surface area contributed by atoms with Crippen molar-refractivity contribution < 1.29 is 31.1 Å². The van der Waals surface area contributed by atoms with Crippen LogP contribution in [-0.4, -0.2) is 36.2 Å². The highest BCUT2D eigenvalue weighted by Gasteiger charge is 2.72. The molecule has 0 aliphatic carbocycles. The van der Waals surface area contributed by atoms with E-state index in [1.807, 2.05) is 0 Å². The van der Waals surface area contributed by atoms with E-state index in [4.69, 9.17) is 5.73 Å². The highest BCUT2D eigenvalue weighted by Crippen LogP contribution is 2.55. The van der Waals surface area contributed by atoms with Crippen molar-refractivity contribution in [1.82, 2.24) is 4.90 Å². The molecular weight excluding hydrogens is 326 g/mol. The van der Waals surface area contributed by atoms with E-state index in [-0.39, 0.29) is 11.3 Å². The average molecular weight is 340 g/mol. The molecule has 23 heavy (non-hydrogen) atoms. The summed E-state index contributed by atoms with van der Waals surface area (Å²) in [5.74, 6) is -0.884. The lowest BCUT2D eigenvalue weighted by Crippen LogP contribution is -2.52. The Morgan fingerprint density at radius 3 is 2.22 bits per heavy atom. The predicted molar refractivity (Wildman–Crippen MR) is 70.7 cm³/mol. The summed E-state index contributed by atoms with van der Waals surface area (Å²) in [6, 6.07) is 4.23. The van der Waals surface area contributed by atoms with Gasteiger partial charge in [0.2, 0.25) is 0 Å². The molecule has 1 amide bonds. The quantitative estimate of drug-likeness (QED) is 0.628. The molecule has 1 heterocycles. The summed E-state index contributed by atoms with van der Waals surface area (Å²) in [4.78, 5) is 12.9. The molecule has 1 aliphatic heterocycles. The number of rotatable bonds is 1. The van der Waals surface area contributed by atoms with E-state index in [0.717, 1.165) is 0 Å². The number of nitrogens with zero attached hydrogens (tertiary/aromatic N) is 1. The van der Waals surface area contributed by atoms with Crippen molar-refractivity contribution in [3.05, 3.63) is 29.3 Å². The number of benzene rings is 1. The molecule has 1 aromatic carbocycles. The number of carbonyl (C=O) groups excluding carboxylic acids is 1. The lowest BCUT2D eigenvalue weighted by atomic mass is 9.85. The lowest BCUT2D eigenvalue weighted by Gasteiger charge is -2.33. The van der Waals surface area contributed by atoms with Gasteiger partial charge in [-0.2, -0.15) is 26.3 Å². The molecule has 1 fully saturated rings. The Hall–Kier alpha value is -1.93. The zero-order valence-corrected chi connectivity index (χ0v) is 12.1. The van der Waals surface area contributed by atoms with Crippen LogP contribution in [0.5, 0.6) is 0 Å². The first-order valence-corrected chi connectivity index (χ1v) is 6.68. The summed E-state index contributed by atoms with van der Waals surface area (Å²) in [5, 5.41) is 0. The first-order chi connectivity index (χ1) is 10.4. The topological polar surface area (TPSA) is 46.3 Å². The molecule has 2 N–H and O–H groups in total. The van der Waals surface area contributed by atoms with Gasteiger partial charge in [-0.1, -0.05) is 6.07 Å². The number of alkyl halides is 6. The van der Waals surface area contributed by atoms with Crippen molar-refractivity contribution in [1.29, 1.82) is 0 Å². The van der Waals surface area contributed by atoms with Gasteiger partial charge in [-0.15, -0.1) is 0 Å². The van der Waals surface area contributed by atoms with Gasteiger partial charge in [0.25, 0.3) is 5.91 Å². The Morgan fingerprint density at radius 1 is 1.17 bits per heavy atom. The van der Waals surface area contributed by atoms with E-state index >= 15 is 0 Å². The largest absolute Gasteiger partial charge is 0.404 e. The number of hydrogen-bond donors (Lipinski definition) is 1. The Kier molecular flexibility index (Phi) is 4.02. The van der Waals surface area contributed by atoms with E-state index in [9.17, 15) is 31.1 Å². The van der Waals surface area contributed by atoms with Crippen LogP contribution in [-0.2, 0) is 0 Å². The smallest absolute Gasteiger partial charge is 0.399 e. The monoisotopic (exact) mass is 340 g/mol. The second-order valence-electron chi connectivity index (χ2n) is 5.63. The third kappa shape index (κ3) is 2.84. The minimum atomic E-state index is -5.48. The molecule has 0 atom stereocenters. The molecule has 0 radical (unpaired) electrons. The molecule has 0 unspecified atom stereocenters. The number of carbonyl (C=O) groups is 1. The summed E-state index contributed by atoms with van der Waals surface area (Å²) in [7, 11) is 0. The van der Waals surface area contributed by atoms with Crippen LogP contribution < -0.4 is 5.73 Å². The maximum Gasteiger partial charge on any atom is 0.404 e. The van der Waals surface area contributed by atoms with Gasteiger partial charge in [-0.25, -0.2) is 0 Å². The Morgan fingerprint density at radius 2 is 1.74 bits per heavy atom. The maximum absolute atomic E-state index is 13.0. The van der Waals surface area contributed by atoms with E-state index in [1.165, 1.54) is 25.1 Å². The van der Waals surface area contributed by atoms with Crippen LogP contribution in [0.1, 0.15) is 22.3 Å². The molecule has 0 bridgehead atoms. The number of anilines is 1. The third-order valence-electron chi connectivity index (χ3n) is 4.13. The number of nitrogen functional groups attached to an aromatic ring is 1. The van der Waals surface area contributed by atoms with E-state index in [0.29, 0.717) is 10.5 Å². The number of likely N-dealkylation sites (tertiary alicyclic amines) is 1. The van der Waals surface area contributed by atoms with E-state index in [2.05, 4.69) is 0 Å². The van der Waals surface area contributed by atoms with Gasteiger partial charge in [0.1, 0.15) is 0 Å². The zero-order chi connectivity index (χ0) is 17.6. The van der Waals surface area contributed by atoms with Crippen molar-refractivity contribution in [3.63, 3.8) is 0 Å². The highest BCUT2D eigenvalue weighted by molar-refractivity contribution is 5.96. The van der Waals surface area contributed by atoms with Crippen LogP contribution in [0.25, 0.3) is 0 Å². The molecule has 128 valence electrons. The number of halogens is 6. The normalized spacial score (nSPS) is 18.3. The molecule has 1 aliphatic rings. The summed E-state index contributed by atoms with van der Waals surface area (Å²) in [6.45, 7) is -0.525. The fourth-order valence-electron chi connectivity index (χ4n) is 2.65. The fraction of sp³-hybridized carbons (Fsp3) is 0.500. The van der Waals surface area contributed by atoms with Crippen molar-refractivity contribution in [2.45, 2.75) is 25.7 Å². The molecule has 9 heteroatoms. The third-order valence-corrected chi connectivity index (χ3v) is 4.13. The van der Waals surface area contributed by atoms with Crippen LogP contribution in [0, 0.1) is 12.3 Å². The second-order valence-corrected chi connectivity index (χ2v) is 5.63. The minimum absolute atomic E-state index is 0.00477. The predicted octanol–water partition coefficient (Wildman–Crippen LogP) is 3.53. The molecule has 3 nitrogen and oxygen atoms in total. The summed E-state index contributed by atoms with van der Waals surface area (Å²) in [6.07, 6.45) is -12.2. The molecule has 1 saturated heterocycles. The number of aryl methyl sites for hydroxylation is 1. The lowest BCUT2D eigenvalue weighted by molar-refractivity contribution is -0.334. The van der Waals surface area contributed by atoms with Crippen LogP contribution >= 0.6 is 0 Å². The molecular formula is C14H14F6N2O. The number of hydrogen-bond acceptors (Lipinski definition) is 2. The van der Waals surface area contributed by atoms with Crippen molar-refractivity contribution >= 4 is 11.6 Å². The fourth-order valence-corrected chi connectivity index (χ4v) is 2.65. The van der Waals surface area contributed by atoms with E-state index in [1.54, 1.807) is 0 Å². The van der Waals surface area contributed by atoms with E-state index < -0.39 is 43.2 Å². The van der Waals surface area contributed by atoms with Gasteiger partial charge in [-0.05, 0) is 31.0 Å². The van der Waals surface area contributed by atoms with Gasteiger partial charge in [0.05, 0.1) is 0 Å². The van der Waals surface area contributed by atoms with Crippen LogP contribution in [0.4, 0.5) is 32.0 Å².